The standard InChI is InChI=1S/C25H20Cl2N4O3S/c26-18-8-6-17(7-9-18)22-12-16(14-29-24(22)21-11-10-19(27)13-23(21)32)15-30-25(28)31-35(33,34)20-4-2-1-3-5-20/h1-14,32H,15H2,(H3,28,30,31). The van der Waals surface area contributed by atoms with Crippen LogP contribution in [-0.4, -0.2) is 24.5 Å². The first kappa shape index (κ1) is 24.5. The lowest BCUT2D eigenvalue weighted by atomic mass is 9.97. The predicted molar refractivity (Wildman–Crippen MR) is 139 cm³/mol. The number of sulfonamides is 1. The van der Waals surface area contributed by atoms with Crippen LogP contribution < -0.4 is 10.5 Å². The molecule has 0 fully saturated rings. The molecule has 3 aromatic carbocycles. The molecule has 0 unspecified atom stereocenters. The fraction of sp³-hybridized carbons (Fsp3) is 0.0400. The first-order valence-electron chi connectivity index (χ1n) is 10.3. The van der Waals surface area contributed by atoms with Crippen molar-refractivity contribution in [2.45, 2.75) is 11.4 Å². The minimum absolute atomic E-state index is 0.00875. The highest BCUT2D eigenvalue weighted by Gasteiger charge is 2.16. The molecule has 0 bridgehead atoms. The summed E-state index contributed by atoms with van der Waals surface area (Å²) in [7, 11) is -3.84. The van der Waals surface area contributed by atoms with E-state index in [1.165, 1.54) is 18.2 Å². The molecule has 1 aromatic heterocycles. The number of nitrogens with two attached hydrogens (primary N) is 1. The van der Waals surface area contributed by atoms with Crippen molar-refractivity contribution in [2.75, 3.05) is 0 Å². The molecule has 4 aromatic rings. The van der Waals surface area contributed by atoms with Gasteiger partial charge in [-0.1, -0.05) is 53.5 Å². The van der Waals surface area contributed by atoms with Gasteiger partial charge in [-0.25, -0.2) is 18.1 Å². The Kier molecular flexibility index (Phi) is 7.25. The summed E-state index contributed by atoms with van der Waals surface area (Å²) in [6.07, 6.45) is 1.59. The van der Waals surface area contributed by atoms with Gasteiger partial charge < -0.3 is 10.8 Å². The van der Waals surface area contributed by atoms with Crippen LogP contribution in [0, 0.1) is 0 Å². The largest absolute Gasteiger partial charge is 0.507 e. The van der Waals surface area contributed by atoms with Crippen molar-refractivity contribution < 1.29 is 13.5 Å². The number of halogens is 2. The molecule has 4 rings (SSSR count). The van der Waals surface area contributed by atoms with Gasteiger partial charge in [0.1, 0.15) is 5.75 Å². The molecular weight excluding hydrogens is 507 g/mol. The highest BCUT2D eigenvalue weighted by molar-refractivity contribution is 7.90. The van der Waals surface area contributed by atoms with Crippen LogP contribution in [0.25, 0.3) is 22.4 Å². The van der Waals surface area contributed by atoms with Crippen LogP contribution >= 0.6 is 23.2 Å². The fourth-order valence-corrected chi connectivity index (χ4v) is 4.63. The van der Waals surface area contributed by atoms with Crippen molar-refractivity contribution in [2.24, 2.45) is 10.7 Å². The van der Waals surface area contributed by atoms with Gasteiger partial charge in [0, 0.05) is 27.4 Å². The topological polar surface area (TPSA) is 118 Å². The number of phenolic OH excluding ortho intramolecular Hbond substituents is 1. The van der Waals surface area contributed by atoms with Crippen LogP contribution in [0.5, 0.6) is 5.75 Å². The molecule has 0 saturated carbocycles. The highest BCUT2D eigenvalue weighted by atomic mass is 35.5. The molecule has 4 N–H and O–H groups in total. The van der Waals surface area contributed by atoms with Gasteiger partial charge in [-0.05, 0) is 59.7 Å². The Morgan fingerprint density at radius 3 is 2.31 bits per heavy atom. The van der Waals surface area contributed by atoms with Gasteiger partial charge in [0.2, 0.25) is 5.96 Å². The van der Waals surface area contributed by atoms with Crippen LogP contribution in [0.15, 0.2) is 94.9 Å². The average molecular weight is 527 g/mol. The van der Waals surface area contributed by atoms with E-state index in [4.69, 9.17) is 28.9 Å². The maximum atomic E-state index is 12.4. The normalized spacial score (nSPS) is 11.9. The number of rotatable bonds is 6. The van der Waals surface area contributed by atoms with Crippen LogP contribution in [0.1, 0.15) is 5.56 Å². The van der Waals surface area contributed by atoms with Crippen molar-refractivity contribution in [1.82, 2.24) is 9.71 Å². The molecule has 0 radical (unpaired) electrons. The predicted octanol–water partition coefficient (Wildman–Crippen LogP) is 5.22. The number of nitrogens with one attached hydrogen (secondary N) is 1. The molecule has 10 heteroatoms. The molecule has 0 amide bonds. The molecule has 0 spiro atoms. The number of hydrogen-bond acceptors (Lipinski definition) is 5. The number of aliphatic imine (C=N–C) groups is 1. The Labute approximate surface area is 212 Å². The summed E-state index contributed by atoms with van der Waals surface area (Å²) in [6.45, 7) is 0.0730. The van der Waals surface area contributed by atoms with Crippen molar-refractivity contribution in [3.05, 3.63) is 101 Å². The molecule has 0 aliphatic heterocycles. The van der Waals surface area contributed by atoms with E-state index in [9.17, 15) is 13.5 Å². The molecule has 7 nitrogen and oxygen atoms in total. The average Bonchev–Trinajstić information content (AvgIpc) is 2.84. The quantitative estimate of drug-likeness (QED) is 0.235. The van der Waals surface area contributed by atoms with Crippen LogP contribution in [-0.2, 0) is 16.6 Å². The summed E-state index contributed by atoms with van der Waals surface area (Å²) in [5, 5.41) is 11.4. The maximum Gasteiger partial charge on any atom is 0.264 e. The van der Waals surface area contributed by atoms with E-state index in [-0.39, 0.29) is 23.1 Å². The van der Waals surface area contributed by atoms with Crippen molar-refractivity contribution in [3.8, 4) is 28.1 Å². The van der Waals surface area contributed by atoms with Crippen molar-refractivity contribution >= 4 is 39.2 Å². The minimum Gasteiger partial charge on any atom is -0.507 e. The number of guanidine groups is 1. The van der Waals surface area contributed by atoms with Crippen LogP contribution in [0.4, 0.5) is 0 Å². The SMILES string of the molecule is NC(=NCc1cnc(-c2ccc(Cl)cc2O)c(-c2ccc(Cl)cc2)c1)NS(=O)(=O)c1ccccc1. The molecule has 0 atom stereocenters. The lowest BCUT2D eigenvalue weighted by molar-refractivity contribution is 0.477. The maximum absolute atomic E-state index is 12.4. The van der Waals surface area contributed by atoms with E-state index in [1.807, 2.05) is 18.2 Å². The molecule has 0 aliphatic carbocycles. The Morgan fingerprint density at radius 2 is 1.63 bits per heavy atom. The van der Waals surface area contributed by atoms with Crippen LogP contribution in [0.2, 0.25) is 10.0 Å². The van der Waals surface area contributed by atoms with Gasteiger partial charge in [-0.3, -0.25) is 4.98 Å². The zero-order valence-electron chi connectivity index (χ0n) is 18.2. The van der Waals surface area contributed by atoms with Crippen molar-refractivity contribution in [3.63, 3.8) is 0 Å². The second kappa shape index (κ2) is 10.4. The van der Waals surface area contributed by atoms with E-state index < -0.39 is 10.0 Å². The minimum atomic E-state index is -3.84. The summed E-state index contributed by atoms with van der Waals surface area (Å²) in [5.41, 5.74) is 9.09. The Morgan fingerprint density at radius 1 is 0.943 bits per heavy atom. The van der Waals surface area contributed by atoms with Gasteiger partial charge in [0.05, 0.1) is 17.1 Å². The monoisotopic (exact) mass is 526 g/mol. The zero-order chi connectivity index (χ0) is 25.0. The number of aromatic hydroxyl groups is 1. The van der Waals surface area contributed by atoms with Crippen LogP contribution in [0.3, 0.4) is 0 Å². The van der Waals surface area contributed by atoms with E-state index in [0.29, 0.717) is 26.9 Å². The van der Waals surface area contributed by atoms with E-state index in [2.05, 4.69) is 14.7 Å². The van der Waals surface area contributed by atoms with E-state index >= 15 is 0 Å². The summed E-state index contributed by atoms with van der Waals surface area (Å²) in [5.74, 6) is -0.258. The van der Waals surface area contributed by atoms with Crippen molar-refractivity contribution in [1.29, 1.82) is 0 Å². The molecular formula is C25H20Cl2N4O3S. The fourth-order valence-electron chi connectivity index (χ4n) is 3.37. The third kappa shape index (κ3) is 5.92. The Bertz CT molecular complexity index is 1490. The molecule has 0 aliphatic rings. The van der Waals surface area contributed by atoms with Gasteiger partial charge in [-0.15, -0.1) is 0 Å². The van der Waals surface area contributed by atoms with Gasteiger partial charge in [0.25, 0.3) is 10.0 Å². The highest BCUT2D eigenvalue weighted by Crippen LogP contribution is 2.37. The first-order valence-corrected chi connectivity index (χ1v) is 12.6. The lowest BCUT2D eigenvalue weighted by Crippen LogP contribution is -2.36. The molecule has 35 heavy (non-hydrogen) atoms. The van der Waals surface area contributed by atoms with Gasteiger partial charge >= 0.3 is 0 Å². The molecule has 178 valence electrons. The second-order valence-corrected chi connectivity index (χ2v) is 10.1. The summed E-state index contributed by atoms with van der Waals surface area (Å²) in [6, 6.07) is 21.7. The number of benzene rings is 3. The Hall–Kier alpha value is -3.59. The van der Waals surface area contributed by atoms with E-state index in [0.717, 1.165) is 11.1 Å². The molecule has 0 saturated heterocycles. The van der Waals surface area contributed by atoms with Gasteiger partial charge in [0.15, 0.2) is 0 Å². The number of phenols is 1. The third-order valence-corrected chi connectivity index (χ3v) is 6.90. The summed E-state index contributed by atoms with van der Waals surface area (Å²) < 4.78 is 27.2. The lowest BCUT2D eigenvalue weighted by Gasteiger charge is -2.13. The third-order valence-electron chi connectivity index (χ3n) is 5.04. The Balaban J connectivity index is 1.66. The zero-order valence-corrected chi connectivity index (χ0v) is 20.5. The summed E-state index contributed by atoms with van der Waals surface area (Å²) in [4.78, 5) is 8.80. The number of aromatic nitrogens is 1. The second-order valence-electron chi connectivity index (χ2n) is 7.53. The first-order chi connectivity index (χ1) is 16.7. The smallest absolute Gasteiger partial charge is 0.264 e. The number of nitrogens with zero attached hydrogens (tertiary/aromatic N) is 2. The van der Waals surface area contributed by atoms with Gasteiger partial charge in [-0.2, -0.15) is 0 Å². The molecule has 1 heterocycles. The van der Waals surface area contributed by atoms with E-state index in [1.54, 1.807) is 48.7 Å². The number of pyridine rings is 1. The number of hydrogen-bond donors (Lipinski definition) is 3. The summed E-state index contributed by atoms with van der Waals surface area (Å²) >= 11 is 12.0.